The van der Waals surface area contributed by atoms with Crippen molar-refractivity contribution in [3.63, 3.8) is 0 Å². The van der Waals surface area contributed by atoms with Gasteiger partial charge in [-0.25, -0.2) is 4.98 Å². The molecule has 1 aromatic heterocycles. The van der Waals surface area contributed by atoms with Gasteiger partial charge in [0.15, 0.2) is 0 Å². The highest BCUT2D eigenvalue weighted by atomic mass is 32.1. The van der Waals surface area contributed by atoms with Crippen molar-refractivity contribution in [3.8, 4) is 0 Å². The second kappa shape index (κ2) is 7.38. The Morgan fingerprint density at radius 1 is 1.42 bits per heavy atom. The Balaban J connectivity index is 1.24. The lowest BCUT2D eigenvalue weighted by Gasteiger charge is -2.24. The number of aryl methyl sites for hydroxylation is 1. The summed E-state index contributed by atoms with van der Waals surface area (Å²) in [6, 6.07) is 0. The third kappa shape index (κ3) is 3.83. The monoisotopic (exact) mass is 352 g/mol. The van der Waals surface area contributed by atoms with Gasteiger partial charge in [-0.1, -0.05) is 0 Å². The topological polar surface area (TPSA) is 43.8 Å². The second-order valence-electron chi connectivity index (χ2n) is 7.53. The number of aromatic nitrogens is 1. The zero-order chi connectivity index (χ0) is 16.4. The Labute approximate surface area is 148 Å². The molecule has 4 heterocycles. The van der Waals surface area contributed by atoms with E-state index in [1.807, 2.05) is 5.51 Å². The van der Waals surface area contributed by atoms with Crippen LogP contribution >= 0.6 is 11.3 Å². The van der Waals surface area contributed by atoms with E-state index in [1.54, 1.807) is 11.3 Å². The van der Waals surface area contributed by atoms with Gasteiger partial charge in [0.1, 0.15) is 0 Å². The molecule has 3 fully saturated rings. The van der Waals surface area contributed by atoms with Crippen LogP contribution in [0.1, 0.15) is 36.3 Å². The third-order valence-corrected chi connectivity index (χ3v) is 6.61. The van der Waals surface area contributed by atoms with E-state index in [1.165, 1.54) is 10.6 Å². The van der Waals surface area contributed by atoms with E-state index in [0.717, 1.165) is 71.7 Å². The van der Waals surface area contributed by atoms with Crippen LogP contribution in [0.4, 0.5) is 0 Å². The van der Waals surface area contributed by atoms with E-state index < -0.39 is 0 Å². The zero-order valence-electron chi connectivity index (χ0n) is 14.5. The quantitative estimate of drug-likeness (QED) is 0.815. The molecule has 0 amide bonds. The zero-order valence-corrected chi connectivity index (χ0v) is 15.4. The van der Waals surface area contributed by atoms with Crippen molar-refractivity contribution in [1.29, 1.82) is 0 Å². The molecule has 6 heteroatoms. The van der Waals surface area contributed by atoms with Crippen molar-refractivity contribution >= 4 is 11.3 Å². The van der Waals surface area contributed by atoms with Crippen molar-refractivity contribution in [1.82, 2.24) is 9.88 Å². The minimum atomic E-state index is 0.0267. The van der Waals surface area contributed by atoms with Crippen LogP contribution < -0.4 is 0 Å². The molecule has 2 atom stereocenters. The normalized spacial score (nSPS) is 32.1. The molecule has 1 spiro atoms. The van der Waals surface area contributed by atoms with Gasteiger partial charge in [-0.05, 0) is 32.1 Å². The van der Waals surface area contributed by atoms with Crippen molar-refractivity contribution in [2.45, 2.75) is 50.9 Å². The number of nitrogens with zero attached hydrogens (tertiary/aromatic N) is 2. The Morgan fingerprint density at radius 3 is 3.08 bits per heavy atom. The van der Waals surface area contributed by atoms with Crippen LogP contribution in [0.5, 0.6) is 0 Å². The van der Waals surface area contributed by atoms with E-state index in [2.05, 4.69) is 16.8 Å². The lowest BCUT2D eigenvalue weighted by molar-refractivity contribution is -0.0188. The molecule has 3 aliphatic rings. The summed E-state index contributed by atoms with van der Waals surface area (Å²) in [5.74, 6) is 0.671. The van der Waals surface area contributed by atoms with Gasteiger partial charge < -0.3 is 14.2 Å². The molecule has 4 rings (SSSR count). The minimum Gasteiger partial charge on any atom is -0.381 e. The summed E-state index contributed by atoms with van der Waals surface area (Å²) in [7, 11) is 0. The Kier molecular flexibility index (Phi) is 5.20. The number of thiazole rings is 1. The number of ether oxygens (including phenoxy) is 3. The van der Waals surface area contributed by atoms with Gasteiger partial charge in [0.25, 0.3) is 0 Å². The molecule has 0 radical (unpaired) electrons. The van der Waals surface area contributed by atoms with Crippen molar-refractivity contribution in [3.05, 3.63) is 16.1 Å². The number of rotatable bonds is 5. The van der Waals surface area contributed by atoms with Gasteiger partial charge in [0, 0.05) is 44.1 Å². The Morgan fingerprint density at radius 2 is 2.29 bits per heavy atom. The largest absolute Gasteiger partial charge is 0.381 e. The highest BCUT2D eigenvalue weighted by molar-refractivity contribution is 7.09. The summed E-state index contributed by atoms with van der Waals surface area (Å²) in [5, 5.41) is 0. The fourth-order valence-corrected chi connectivity index (χ4v) is 4.94. The maximum atomic E-state index is 6.23. The van der Waals surface area contributed by atoms with Gasteiger partial charge in [-0.15, -0.1) is 11.3 Å². The first-order chi connectivity index (χ1) is 11.7. The predicted octanol–water partition coefficient (Wildman–Crippen LogP) is 2.63. The maximum Gasteiger partial charge on any atom is 0.0847 e. The van der Waals surface area contributed by atoms with E-state index in [-0.39, 0.29) is 11.7 Å². The lowest BCUT2D eigenvalue weighted by atomic mass is 9.98. The standard InChI is InChI=1S/C18H28N2O3S/c1-14-17(24-13-19-14)9-20-5-4-18(12-20)8-16(11-23-18)22-10-15-2-6-21-7-3-15/h13,15-16H,2-12H2,1H3/t16-,18+/m1/s1. The van der Waals surface area contributed by atoms with Crippen LogP contribution in [0.25, 0.3) is 0 Å². The number of hydrogen-bond acceptors (Lipinski definition) is 6. The summed E-state index contributed by atoms with van der Waals surface area (Å²) in [4.78, 5) is 8.26. The van der Waals surface area contributed by atoms with Crippen LogP contribution in [0, 0.1) is 12.8 Å². The fourth-order valence-electron chi connectivity index (χ4n) is 4.12. The number of likely N-dealkylation sites (tertiary alicyclic amines) is 1. The average molecular weight is 353 g/mol. The van der Waals surface area contributed by atoms with E-state index in [0.29, 0.717) is 5.92 Å². The smallest absolute Gasteiger partial charge is 0.0847 e. The van der Waals surface area contributed by atoms with Crippen molar-refractivity contribution in [2.75, 3.05) is 39.5 Å². The second-order valence-corrected chi connectivity index (χ2v) is 8.47. The van der Waals surface area contributed by atoms with Crippen LogP contribution in [0.2, 0.25) is 0 Å². The van der Waals surface area contributed by atoms with Crippen molar-refractivity contribution in [2.24, 2.45) is 5.92 Å². The summed E-state index contributed by atoms with van der Waals surface area (Å²) >= 11 is 1.76. The van der Waals surface area contributed by atoms with E-state index in [9.17, 15) is 0 Å². The van der Waals surface area contributed by atoms with Crippen LogP contribution in [-0.2, 0) is 20.8 Å². The lowest BCUT2D eigenvalue weighted by Crippen LogP contribution is -2.33. The van der Waals surface area contributed by atoms with Gasteiger partial charge >= 0.3 is 0 Å². The average Bonchev–Trinajstić information content (AvgIpc) is 3.30. The molecule has 3 saturated heterocycles. The first kappa shape index (κ1) is 16.9. The summed E-state index contributed by atoms with van der Waals surface area (Å²) in [5.41, 5.74) is 3.15. The summed E-state index contributed by atoms with van der Waals surface area (Å²) in [6.07, 6.45) is 4.73. The molecule has 0 aliphatic carbocycles. The molecule has 0 saturated carbocycles. The summed E-state index contributed by atoms with van der Waals surface area (Å²) in [6.45, 7) is 8.68. The van der Waals surface area contributed by atoms with E-state index in [4.69, 9.17) is 14.2 Å². The highest BCUT2D eigenvalue weighted by Crippen LogP contribution is 2.37. The van der Waals surface area contributed by atoms with Crippen molar-refractivity contribution < 1.29 is 14.2 Å². The molecular weight excluding hydrogens is 324 g/mol. The minimum absolute atomic E-state index is 0.0267. The van der Waals surface area contributed by atoms with E-state index >= 15 is 0 Å². The van der Waals surface area contributed by atoms with Gasteiger partial charge in [0.2, 0.25) is 0 Å². The summed E-state index contributed by atoms with van der Waals surface area (Å²) < 4.78 is 17.8. The first-order valence-corrected chi connectivity index (χ1v) is 10.0. The van der Waals surface area contributed by atoms with Crippen LogP contribution in [0.15, 0.2) is 5.51 Å². The van der Waals surface area contributed by atoms with Crippen LogP contribution in [0.3, 0.4) is 0 Å². The molecule has 24 heavy (non-hydrogen) atoms. The Hall–Kier alpha value is -0.530. The highest BCUT2D eigenvalue weighted by Gasteiger charge is 2.46. The molecular formula is C18H28N2O3S. The van der Waals surface area contributed by atoms with Gasteiger partial charge in [0.05, 0.1) is 36.1 Å². The first-order valence-electron chi connectivity index (χ1n) is 9.17. The molecule has 0 aromatic carbocycles. The van der Waals surface area contributed by atoms with Gasteiger partial charge in [-0.3, -0.25) is 4.90 Å². The molecule has 5 nitrogen and oxygen atoms in total. The predicted molar refractivity (Wildman–Crippen MR) is 93.3 cm³/mol. The third-order valence-electron chi connectivity index (χ3n) is 5.69. The van der Waals surface area contributed by atoms with Gasteiger partial charge in [-0.2, -0.15) is 0 Å². The maximum absolute atomic E-state index is 6.23. The molecule has 0 bridgehead atoms. The molecule has 134 valence electrons. The molecule has 1 aromatic rings. The van der Waals surface area contributed by atoms with Crippen LogP contribution in [-0.4, -0.2) is 61.1 Å². The molecule has 0 N–H and O–H groups in total. The SMILES string of the molecule is Cc1ncsc1CN1CC[C@]2(C[C@@H](OCC3CCOCC3)CO2)C1. The molecule has 3 aliphatic heterocycles. The Bertz CT molecular complexity index is 546. The molecule has 0 unspecified atom stereocenters. The fraction of sp³-hybridized carbons (Fsp3) is 0.833. The number of hydrogen-bond donors (Lipinski definition) is 0.